The van der Waals surface area contributed by atoms with Crippen molar-refractivity contribution in [2.75, 3.05) is 6.54 Å². The van der Waals surface area contributed by atoms with Crippen molar-refractivity contribution < 1.29 is 4.74 Å². The molecule has 1 N–H and O–H groups in total. The van der Waals surface area contributed by atoms with E-state index in [2.05, 4.69) is 5.11 Å². The molecule has 2 bridgehead atoms. The Balaban J connectivity index is 1.95. The van der Waals surface area contributed by atoms with Crippen molar-refractivity contribution in [1.29, 1.82) is 5.53 Å². The highest BCUT2D eigenvalue weighted by atomic mass is 16.5. The molecule has 0 spiro atoms. The predicted molar refractivity (Wildman–Crippen MR) is 36.0 cm³/mol. The molecule has 2 rings (SSSR count). The topological polar surface area (TPSA) is 45.4 Å². The molecular weight excluding hydrogens is 128 g/mol. The van der Waals surface area contributed by atoms with Crippen LogP contribution in [0.1, 0.15) is 19.3 Å². The van der Waals surface area contributed by atoms with Crippen LogP contribution in [-0.4, -0.2) is 18.8 Å². The fraction of sp³-hybridized carbons (Fsp3) is 1.00. The van der Waals surface area contributed by atoms with Crippen LogP contribution in [0.5, 0.6) is 0 Å². The Morgan fingerprint density at radius 1 is 1.50 bits per heavy atom. The van der Waals surface area contributed by atoms with Crippen molar-refractivity contribution in [2.45, 2.75) is 31.5 Å². The van der Waals surface area contributed by atoms with E-state index in [9.17, 15) is 0 Å². The van der Waals surface area contributed by atoms with E-state index in [0.717, 1.165) is 6.42 Å². The van der Waals surface area contributed by atoms with Gasteiger partial charge in [-0.25, -0.2) is 5.53 Å². The summed E-state index contributed by atoms with van der Waals surface area (Å²) in [5.74, 6) is 0.566. The zero-order valence-electron chi connectivity index (χ0n) is 5.92. The first-order valence-corrected chi connectivity index (χ1v) is 3.89. The third-order valence-corrected chi connectivity index (χ3v) is 2.56. The summed E-state index contributed by atoms with van der Waals surface area (Å²) in [6, 6.07) is 0. The van der Waals surface area contributed by atoms with Gasteiger partial charge in [0.05, 0.1) is 18.8 Å². The normalized spacial score (nSPS) is 44.2. The molecule has 0 aliphatic carbocycles. The first-order chi connectivity index (χ1) is 4.90. The van der Waals surface area contributed by atoms with E-state index in [4.69, 9.17) is 10.3 Å². The molecule has 0 amide bonds. The summed E-state index contributed by atoms with van der Waals surface area (Å²) in [6.07, 6.45) is 4.53. The van der Waals surface area contributed by atoms with Gasteiger partial charge in [0, 0.05) is 5.92 Å². The number of hydrogen-bond acceptors (Lipinski definition) is 3. The second-order valence-corrected chi connectivity index (χ2v) is 3.21. The number of nitrogens with zero attached hydrogens (tertiary/aromatic N) is 1. The van der Waals surface area contributed by atoms with Crippen LogP contribution >= 0.6 is 0 Å². The summed E-state index contributed by atoms with van der Waals surface area (Å²) < 4.78 is 5.59. The SMILES string of the molecule is N=NCC1CC2CCC1O2. The third kappa shape index (κ3) is 0.850. The van der Waals surface area contributed by atoms with E-state index in [0.29, 0.717) is 24.7 Å². The summed E-state index contributed by atoms with van der Waals surface area (Å²) in [5, 5.41) is 3.41. The lowest BCUT2D eigenvalue weighted by molar-refractivity contribution is 0.0934. The molecule has 2 saturated heterocycles. The molecule has 3 heteroatoms. The van der Waals surface area contributed by atoms with E-state index >= 15 is 0 Å². The minimum absolute atomic E-state index is 0.444. The number of hydrogen-bond donors (Lipinski definition) is 1. The van der Waals surface area contributed by atoms with E-state index in [1.165, 1.54) is 12.8 Å². The molecule has 56 valence electrons. The Hall–Kier alpha value is -0.440. The summed E-state index contributed by atoms with van der Waals surface area (Å²) in [4.78, 5) is 0. The van der Waals surface area contributed by atoms with Crippen LogP contribution in [0.3, 0.4) is 0 Å². The molecule has 2 heterocycles. The van der Waals surface area contributed by atoms with Crippen molar-refractivity contribution in [3.8, 4) is 0 Å². The molecular formula is C7H12N2O. The fourth-order valence-electron chi connectivity index (χ4n) is 2.05. The number of rotatable bonds is 2. The largest absolute Gasteiger partial charge is 0.375 e. The lowest BCUT2D eigenvalue weighted by atomic mass is 9.89. The molecule has 0 aromatic heterocycles. The van der Waals surface area contributed by atoms with Crippen molar-refractivity contribution in [3.63, 3.8) is 0 Å². The minimum Gasteiger partial charge on any atom is -0.375 e. The van der Waals surface area contributed by atoms with Gasteiger partial charge in [0.15, 0.2) is 0 Å². The fourth-order valence-corrected chi connectivity index (χ4v) is 2.05. The van der Waals surface area contributed by atoms with Crippen LogP contribution in [0, 0.1) is 11.4 Å². The lowest BCUT2D eigenvalue weighted by Gasteiger charge is -2.14. The molecule has 0 aromatic carbocycles. The Morgan fingerprint density at radius 2 is 2.40 bits per heavy atom. The Morgan fingerprint density at radius 3 is 2.90 bits per heavy atom. The number of nitrogens with one attached hydrogen (secondary N) is 1. The predicted octanol–water partition coefficient (Wildman–Crippen LogP) is 1.58. The standard InChI is InChI=1S/C7H12N2O/c8-9-4-5-3-6-1-2-7(5)10-6/h5-8H,1-4H2. The van der Waals surface area contributed by atoms with Gasteiger partial charge in [0.2, 0.25) is 0 Å². The highest BCUT2D eigenvalue weighted by molar-refractivity contribution is 4.89. The van der Waals surface area contributed by atoms with Crippen molar-refractivity contribution >= 4 is 0 Å². The maximum Gasteiger partial charge on any atom is 0.0650 e. The van der Waals surface area contributed by atoms with E-state index in [1.807, 2.05) is 0 Å². The summed E-state index contributed by atoms with van der Waals surface area (Å²) in [5.41, 5.74) is 6.72. The molecule has 0 radical (unpaired) electrons. The van der Waals surface area contributed by atoms with Crippen molar-refractivity contribution in [2.24, 2.45) is 11.0 Å². The zero-order chi connectivity index (χ0) is 6.97. The molecule has 2 fully saturated rings. The highest BCUT2D eigenvalue weighted by Crippen LogP contribution is 2.38. The van der Waals surface area contributed by atoms with E-state index in [1.54, 1.807) is 0 Å². The monoisotopic (exact) mass is 140 g/mol. The van der Waals surface area contributed by atoms with Crippen LogP contribution in [0.4, 0.5) is 0 Å². The molecule has 2 aliphatic heterocycles. The van der Waals surface area contributed by atoms with Gasteiger partial charge in [-0.3, -0.25) is 0 Å². The average Bonchev–Trinajstić information content (AvgIpc) is 2.48. The average molecular weight is 140 g/mol. The maximum atomic E-state index is 6.72. The highest BCUT2D eigenvalue weighted by Gasteiger charge is 2.40. The van der Waals surface area contributed by atoms with Crippen molar-refractivity contribution in [1.82, 2.24) is 0 Å². The molecule has 3 unspecified atom stereocenters. The van der Waals surface area contributed by atoms with Gasteiger partial charge in [-0.05, 0) is 19.3 Å². The first kappa shape index (κ1) is 6.28. The van der Waals surface area contributed by atoms with Crippen molar-refractivity contribution in [3.05, 3.63) is 0 Å². The Bertz CT molecular complexity index is 149. The first-order valence-electron chi connectivity index (χ1n) is 3.89. The van der Waals surface area contributed by atoms with Gasteiger partial charge >= 0.3 is 0 Å². The molecule has 0 aromatic rings. The van der Waals surface area contributed by atoms with Gasteiger partial charge in [-0.2, -0.15) is 5.11 Å². The molecule has 3 nitrogen and oxygen atoms in total. The van der Waals surface area contributed by atoms with Crippen LogP contribution in [-0.2, 0) is 4.74 Å². The summed E-state index contributed by atoms with van der Waals surface area (Å²) in [6.45, 7) is 0.682. The second-order valence-electron chi connectivity index (χ2n) is 3.21. The van der Waals surface area contributed by atoms with Gasteiger partial charge in [0.25, 0.3) is 0 Å². The van der Waals surface area contributed by atoms with Gasteiger partial charge in [-0.1, -0.05) is 0 Å². The number of ether oxygens (including phenoxy) is 1. The quantitative estimate of drug-likeness (QED) is 0.581. The zero-order valence-corrected chi connectivity index (χ0v) is 5.92. The summed E-state index contributed by atoms with van der Waals surface area (Å²) in [7, 11) is 0. The number of fused-ring (bicyclic) bond motifs is 2. The van der Waals surface area contributed by atoms with Gasteiger partial charge < -0.3 is 4.74 Å². The Kier molecular flexibility index (Phi) is 1.45. The lowest BCUT2D eigenvalue weighted by Crippen LogP contribution is -2.18. The maximum absolute atomic E-state index is 6.72. The molecule has 0 saturated carbocycles. The van der Waals surface area contributed by atoms with Crippen LogP contribution in [0.2, 0.25) is 0 Å². The van der Waals surface area contributed by atoms with Crippen LogP contribution in [0.25, 0.3) is 0 Å². The molecule has 3 atom stereocenters. The summed E-state index contributed by atoms with van der Waals surface area (Å²) >= 11 is 0. The van der Waals surface area contributed by atoms with Crippen LogP contribution < -0.4 is 0 Å². The molecule has 2 aliphatic rings. The minimum atomic E-state index is 0.444. The van der Waals surface area contributed by atoms with Gasteiger partial charge in [0.1, 0.15) is 0 Å². The third-order valence-electron chi connectivity index (χ3n) is 2.56. The Labute approximate surface area is 60.3 Å². The second kappa shape index (κ2) is 2.31. The molecule has 10 heavy (non-hydrogen) atoms. The smallest absolute Gasteiger partial charge is 0.0650 e. The van der Waals surface area contributed by atoms with E-state index < -0.39 is 0 Å². The van der Waals surface area contributed by atoms with E-state index in [-0.39, 0.29) is 0 Å². The van der Waals surface area contributed by atoms with Gasteiger partial charge in [-0.15, -0.1) is 0 Å². The van der Waals surface area contributed by atoms with Crippen LogP contribution in [0.15, 0.2) is 5.11 Å².